The molecule has 1 saturated carbocycles. The first kappa shape index (κ1) is 13.8. The van der Waals surface area contributed by atoms with Gasteiger partial charge in [0.15, 0.2) is 0 Å². The first-order valence-corrected chi connectivity index (χ1v) is 5.55. The van der Waals surface area contributed by atoms with Crippen molar-refractivity contribution < 1.29 is 40.9 Å². The van der Waals surface area contributed by atoms with Crippen molar-refractivity contribution in [2.45, 2.75) is 31.6 Å². The standard InChI is InChI=1S/C13H16O2.Na.H/c14-13(15)12-8-6-11(7-9-12)10-4-2-1-3-5-10;;/h1-5,11-12H,6-9H2,(H,14,15);;/q;+1;-1. The van der Waals surface area contributed by atoms with Crippen LogP contribution in [-0.2, 0) is 4.79 Å². The fourth-order valence-corrected chi connectivity index (χ4v) is 2.40. The van der Waals surface area contributed by atoms with E-state index in [2.05, 4.69) is 24.3 Å². The quantitative estimate of drug-likeness (QED) is 0.732. The van der Waals surface area contributed by atoms with Gasteiger partial charge in [0.25, 0.3) is 0 Å². The third-order valence-electron chi connectivity index (χ3n) is 3.35. The fourth-order valence-electron chi connectivity index (χ4n) is 2.40. The summed E-state index contributed by atoms with van der Waals surface area (Å²) in [6.45, 7) is 0. The Morgan fingerprint density at radius 3 is 2.19 bits per heavy atom. The molecular weight excluding hydrogens is 211 g/mol. The van der Waals surface area contributed by atoms with E-state index in [-0.39, 0.29) is 36.9 Å². The SMILES string of the molecule is O=C(O)C1CCC(c2ccccc2)CC1.[H-].[Na+]. The molecule has 0 saturated heterocycles. The predicted molar refractivity (Wildman–Crippen MR) is 59.9 cm³/mol. The van der Waals surface area contributed by atoms with E-state index in [1.54, 1.807) is 0 Å². The minimum absolute atomic E-state index is 0. The van der Waals surface area contributed by atoms with Crippen LogP contribution in [0.4, 0.5) is 0 Å². The van der Waals surface area contributed by atoms with Crippen molar-refractivity contribution in [3.05, 3.63) is 35.9 Å². The molecule has 0 heterocycles. The van der Waals surface area contributed by atoms with E-state index in [1.165, 1.54) is 5.56 Å². The maximum Gasteiger partial charge on any atom is 1.00 e. The van der Waals surface area contributed by atoms with Crippen LogP contribution in [0.25, 0.3) is 0 Å². The number of carboxylic acid groups (broad SMARTS) is 1. The number of hydrogen-bond acceptors (Lipinski definition) is 1. The molecule has 0 unspecified atom stereocenters. The summed E-state index contributed by atoms with van der Waals surface area (Å²) in [4.78, 5) is 10.8. The molecule has 0 atom stereocenters. The van der Waals surface area contributed by atoms with E-state index in [0.29, 0.717) is 5.92 Å². The second kappa shape index (κ2) is 6.43. The van der Waals surface area contributed by atoms with Crippen molar-refractivity contribution in [3.63, 3.8) is 0 Å². The molecule has 1 aliphatic rings. The van der Waals surface area contributed by atoms with Crippen molar-refractivity contribution >= 4 is 5.97 Å². The topological polar surface area (TPSA) is 37.3 Å². The molecule has 0 bridgehead atoms. The van der Waals surface area contributed by atoms with Crippen LogP contribution < -0.4 is 29.6 Å². The number of hydrogen-bond donors (Lipinski definition) is 1. The zero-order valence-electron chi connectivity index (χ0n) is 10.7. The first-order valence-electron chi connectivity index (χ1n) is 5.55. The normalized spacial score (nSPS) is 24.5. The fraction of sp³-hybridized carbons (Fsp3) is 0.462. The zero-order valence-corrected chi connectivity index (χ0v) is 11.7. The minimum atomic E-state index is -0.624. The predicted octanol–water partition coefficient (Wildman–Crippen LogP) is 0.162. The monoisotopic (exact) mass is 228 g/mol. The molecular formula is C13H17NaO2. The van der Waals surface area contributed by atoms with E-state index in [1.807, 2.05) is 6.07 Å². The smallest absolute Gasteiger partial charge is 1.00 e. The molecule has 0 amide bonds. The van der Waals surface area contributed by atoms with Crippen LogP contribution in [-0.4, -0.2) is 11.1 Å². The van der Waals surface area contributed by atoms with E-state index in [4.69, 9.17) is 5.11 Å². The van der Waals surface area contributed by atoms with Gasteiger partial charge >= 0.3 is 35.5 Å². The zero-order chi connectivity index (χ0) is 10.7. The largest absolute Gasteiger partial charge is 1.00 e. The Bertz CT molecular complexity index is 335. The summed E-state index contributed by atoms with van der Waals surface area (Å²) in [5.41, 5.74) is 1.36. The number of aliphatic carboxylic acids is 1. The van der Waals surface area contributed by atoms with Crippen molar-refractivity contribution in [1.29, 1.82) is 0 Å². The number of rotatable bonds is 2. The summed E-state index contributed by atoms with van der Waals surface area (Å²) >= 11 is 0. The number of carbonyl (C=O) groups is 1. The Kier molecular flexibility index (Phi) is 5.53. The third kappa shape index (κ3) is 3.34. The van der Waals surface area contributed by atoms with Gasteiger partial charge in [-0.15, -0.1) is 0 Å². The molecule has 1 aromatic rings. The first-order chi connectivity index (χ1) is 7.27. The van der Waals surface area contributed by atoms with Gasteiger partial charge in [-0.25, -0.2) is 0 Å². The molecule has 0 aliphatic heterocycles. The van der Waals surface area contributed by atoms with E-state index in [9.17, 15) is 4.79 Å². The molecule has 0 spiro atoms. The summed E-state index contributed by atoms with van der Waals surface area (Å²) in [6.07, 6.45) is 3.69. The van der Waals surface area contributed by atoms with Gasteiger partial charge in [0.1, 0.15) is 0 Å². The molecule has 82 valence electrons. The van der Waals surface area contributed by atoms with E-state index < -0.39 is 5.97 Å². The van der Waals surface area contributed by atoms with Crippen LogP contribution in [0.5, 0.6) is 0 Å². The number of benzene rings is 1. The molecule has 1 fully saturated rings. The van der Waals surface area contributed by atoms with Gasteiger partial charge in [0, 0.05) is 0 Å². The van der Waals surface area contributed by atoms with Crippen LogP contribution in [0.3, 0.4) is 0 Å². The molecule has 0 radical (unpaired) electrons. The third-order valence-corrected chi connectivity index (χ3v) is 3.35. The summed E-state index contributed by atoms with van der Waals surface area (Å²) < 4.78 is 0. The van der Waals surface area contributed by atoms with Crippen molar-refractivity contribution in [1.82, 2.24) is 0 Å². The average molecular weight is 228 g/mol. The molecule has 1 aliphatic carbocycles. The van der Waals surface area contributed by atoms with Crippen LogP contribution in [0.1, 0.15) is 38.6 Å². The Hall–Kier alpha value is -0.310. The summed E-state index contributed by atoms with van der Waals surface area (Å²) in [5, 5.41) is 8.90. The Morgan fingerprint density at radius 2 is 1.69 bits per heavy atom. The van der Waals surface area contributed by atoms with Gasteiger partial charge in [0.2, 0.25) is 0 Å². The minimum Gasteiger partial charge on any atom is -1.00 e. The second-order valence-electron chi connectivity index (χ2n) is 4.30. The second-order valence-corrected chi connectivity index (χ2v) is 4.30. The van der Waals surface area contributed by atoms with Gasteiger partial charge in [-0.05, 0) is 37.2 Å². The van der Waals surface area contributed by atoms with Gasteiger partial charge in [0.05, 0.1) is 5.92 Å². The molecule has 1 aromatic carbocycles. The molecule has 2 nitrogen and oxygen atoms in total. The average Bonchev–Trinajstić information content (AvgIpc) is 2.30. The Balaban J connectivity index is 0.00000128. The van der Waals surface area contributed by atoms with E-state index >= 15 is 0 Å². The van der Waals surface area contributed by atoms with Gasteiger partial charge in [-0.3, -0.25) is 4.79 Å². The van der Waals surface area contributed by atoms with Crippen LogP contribution in [0.15, 0.2) is 30.3 Å². The summed E-state index contributed by atoms with van der Waals surface area (Å²) in [6, 6.07) is 10.4. The maximum atomic E-state index is 10.8. The van der Waals surface area contributed by atoms with Crippen molar-refractivity contribution in [2.75, 3.05) is 0 Å². The Morgan fingerprint density at radius 1 is 1.12 bits per heavy atom. The maximum absolute atomic E-state index is 10.8. The summed E-state index contributed by atoms with van der Waals surface area (Å²) in [5.74, 6) is -0.159. The molecule has 2 rings (SSSR count). The Labute approximate surface area is 120 Å². The van der Waals surface area contributed by atoms with E-state index in [0.717, 1.165) is 25.7 Å². The van der Waals surface area contributed by atoms with Gasteiger partial charge in [-0.2, -0.15) is 0 Å². The molecule has 0 aromatic heterocycles. The van der Waals surface area contributed by atoms with Crippen LogP contribution in [0, 0.1) is 5.92 Å². The van der Waals surface area contributed by atoms with Crippen LogP contribution in [0.2, 0.25) is 0 Å². The van der Waals surface area contributed by atoms with Gasteiger partial charge < -0.3 is 6.53 Å². The molecule has 1 N–H and O–H groups in total. The molecule has 3 heteroatoms. The van der Waals surface area contributed by atoms with Crippen LogP contribution >= 0.6 is 0 Å². The van der Waals surface area contributed by atoms with Crippen molar-refractivity contribution in [2.24, 2.45) is 5.92 Å². The summed E-state index contributed by atoms with van der Waals surface area (Å²) in [7, 11) is 0. The van der Waals surface area contributed by atoms with Gasteiger partial charge in [-0.1, -0.05) is 30.3 Å². The number of carboxylic acids is 1. The molecule has 16 heavy (non-hydrogen) atoms. The van der Waals surface area contributed by atoms with Crippen molar-refractivity contribution in [3.8, 4) is 0 Å².